The second-order valence-corrected chi connectivity index (χ2v) is 7.51. The van der Waals surface area contributed by atoms with E-state index in [4.69, 9.17) is 4.74 Å². The molecule has 128 valence electrons. The fraction of sp³-hybridized carbons (Fsp3) is 0.450. The van der Waals surface area contributed by atoms with E-state index in [-0.39, 0.29) is 23.2 Å². The highest BCUT2D eigenvalue weighted by atomic mass is 16.5. The van der Waals surface area contributed by atoms with Crippen LogP contribution < -0.4 is 10.1 Å². The average molecular weight is 326 g/mol. The lowest BCUT2D eigenvalue weighted by Crippen LogP contribution is -2.42. The molecule has 0 amide bonds. The van der Waals surface area contributed by atoms with Gasteiger partial charge in [-0.2, -0.15) is 0 Å². The Balaban J connectivity index is 1.77. The van der Waals surface area contributed by atoms with Crippen molar-refractivity contribution in [1.29, 1.82) is 0 Å². The number of pyridine rings is 1. The number of piperidine rings is 1. The Morgan fingerprint density at radius 2 is 1.92 bits per heavy atom. The second kappa shape index (κ2) is 6.81. The number of hydrogen-bond acceptors (Lipinski definition) is 4. The van der Waals surface area contributed by atoms with Crippen LogP contribution in [-0.4, -0.2) is 29.3 Å². The van der Waals surface area contributed by atoms with E-state index < -0.39 is 0 Å². The van der Waals surface area contributed by atoms with E-state index in [1.54, 1.807) is 6.07 Å². The van der Waals surface area contributed by atoms with Gasteiger partial charge in [0.15, 0.2) is 0 Å². The maximum absolute atomic E-state index is 9.71. The Morgan fingerprint density at radius 3 is 2.58 bits per heavy atom. The lowest BCUT2D eigenvalue weighted by Gasteiger charge is -2.33. The molecule has 0 saturated carbocycles. The topological polar surface area (TPSA) is 54.4 Å². The van der Waals surface area contributed by atoms with Crippen LogP contribution in [0.1, 0.15) is 44.2 Å². The van der Waals surface area contributed by atoms with Crippen LogP contribution in [0.5, 0.6) is 11.5 Å². The van der Waals surface area contributed by atoms with Crippen molar-refractivity contribution < 1.29 is 9.84 Å². The molecule has 4 nitrogen and oxygen atoms in total. The van der Waals surface area contributed by atoms with Crippen molar-refractivity contribution in [2.75, 3.05) is 13.1 Å². The Kier molecular flexibility index (Phi) is 4.76. The minimum Gasteiger partial charge on any atom is -0.506 e. The molecule has 1 aromatic carbocycles. The molecule has 4 heteroatoms. The van der Waals surface area contributed by atoms with Crippen molar-refractivity contribution in [2.24, 2.45) is 0 Å². The largest absolute Gasteiger partial charge is 0.506 e. The standard InChI is InChI=1S/C20H26N2O2/c1-20(2,3)15-4-6-17(7-5-15)24-19-13-21-9-8-18(19)14-10-16(23)12-22-11-14/h4-7,10-12,18-19,21,23H,8-9,13H2,1-3H3. The fourth-order valence-electron chi connectivity index (χ4n) is 3.19. The summed E-state index contributed by atoms with van der Waals surface area (Å²) in [6, 6.07) is 10.2. The number of ether oxygens (including phenoxy) is 1. The average Bonchev–Trinajstić information content (AvgIpc) is 2.55. The van der Waals surface area contributed by atoms with Crippen LogP contribution >= 0.6 is 0 Å². The summed E-state index contributed by atoms with van der Waals surface area (Å²) in [6.45, 7) is 8.36. The van der Waals surface area contributed by atoms with Gasteiger partial charge >= 0.3 is 0 Å². The van der Waals surface area contributed by atoms with E-state index in [2.05, 4.69) is 43.2 Å². The monoisotopic (exact) mass is 326 g/mol. The molecular weight excluding hydrogens is 300 g/mol. The van der Waals surface area contributed by atoms with Gasteiger partial charge in [-0.3, -0.25) is 4.98 Å². The summed E-state index contributed by atoms with van der Waals surface area (Å²) < 4.78 is 6.26. The molecule has 1 fully saturated rings. The Morgan fingerprint density at radius 1 is 1.17 bits per heavy atom. The molecule has 2 aromatic rings. The zero-order valence-corrected chi connectivity index (χ0v) is 14.6. The zero-order chi connectivity index (χ0) is 17.2. The molecule has 0 aliphatic carbocycles. The molecular formula is C20H26N2O2. The van der Waals surface area contributed by atoms with E-state index in [9.17, 15) is 5.11 Å². The summed E-state index contributed by atoms with van der Waals surface area (Å²) in [7, 11) is 0. The predicted molar refractivity (Wildman–Crippen MR) is 95.7 cm³/mol. The minimum atomic E-state index is 0.0304. The molecule has 0 spiro atoms. The third-order valence-electron chi connectivity index (χ3n) is 4.61. The molecule has 1 aliphatic heterocycles. The van der Waals surface area contributed by atoms with Gasteiger partial charge in [0.2, 0.25) is 0 Å². The highest BCUT2D eigenvalue weighted by Crippen LogP contribution is 2.31. The number of nitrogens with one attached hydrogen (secondary N) is 1. The number of rotatable bonds is 3. The summed E-state index contributed by atoms with van der Waals surface area (Å²) in [4.78, 5) is 4.11. The third kappa shape index (κ3) is 3.88. The molecule has 0 bridgehead atoms. The molecule has 1 aliphatic rings. The Bertz CT molecular complexity index is 677. The molecule has 1 aromatic heterocycles. The van der Waals surface area contributed by atoms with E-state index in [1.807, 2.05) is 18.3 Å². The summed E-state index contributed by atoms with van der Waals surface area (Å²) in [5, 5.41) is 13.1. The normalized spacial score (nSPS) is 21.5. The highest BCUT2D eigenvalue weighted by Gasteiger charge is 2.28. The molecule has 2 heterocycles. The SMILES string of the molecule is CC(C)(C)c1ccc(OC2CNCCC2c2cncc(O)c2)cc1. The van der Waals surface area contributed by atoms with Gasteiger partial charge in [-0.1, -0.05) is 32.9 Å². The van der Waals surface area contributed by atoms with Crippen LogP contribution in [0, 0.1) is 0 Å². The van der Waals surface area contributed by atoms with Crippen LogP contribution in [0.15, 0.2) is 42.7 Å². The maximum atomic E-state index is 9.71. The first-order valence-electron chi connectivity index (χ1n) is 8.55. The molecule has 0 radical (unpaired) electrons. The van der Waals surface area contributed by atoms with E-state index in [0.717, 1.165) is 30.8 Å². The van der Waals surface area contributed by atoms with Crippen LogP contribution in [-0.2, 0) is 5.41 Å². The lowest BCUT2D eigenvalue weighted by atomic mass is 9.87. The van der Waals surface area contributed by atoms with Gasteiger partial charge in [-0.25, -0.2) is 0 Å². The number of nitrogens with zero attached hydrogens (tertiary/aromatic N) is 1. The predicted octanol–water partition coefficient (Wildman–Crippen LogP) is 3.61. The molecule has 24 heavy (non-hydrogen) atoms. The first kappa shape index (κ1) is 16.8. The first-order chi connectivity index (χ1) is 11.4. The maximum Gasteiger partial charge on any atom is 0.134 e. The number of aromatic hydroxyl groups is 1. The number of benzene rings is 1. The Labute approximate surface area is 143 Å². The van der Waals surface area contributed by atoms with Crippen molar-refractivity contribution in [3.8, 4) is 11.5 Å². The van der Waals surface area contributed by atoms with E-state index in [1.165, 1.54) is 11.8 Å². The summed E-state index contributed by atoms with van der Waals surface area (Å²) >= 11 is 0. The van der Waals surface area contributed by atoms with Gasteiger partial charge in [-0.05, 0) is 47.7 Å². The highest BCUT2D eigenvalue weighted by molar-refractivity contribution is 5.32. The molecule has 2 atom stereocenters. The van der Waals surface area contributed by atoms with Crippen molar-refractivity contribution >= 4 is 0 Å². The van der Waals surface area contributed by atoms with Gasteiger partial charge in [-0.15, -0.1) is 0 Å². The van der Waals surface area contributed by atoms with Gasteiger partial charge in [0.1, 0.15) is 17.6 Å². The smallest absolute Gasteiger partial charge is 0.134 e. The summed E-state index contributed by atoms with van der Waals surface area (Å²) in [5.41, 5.74) is 2.47. The van der Waals surface area contributed by atoms with Gasteiger partial charge in [0, 0.05) is 18.7 Å². The van der Waals surface area contributed by atoms with E-state index in [0.29, 0.717) is 0 Å². The summed E-state index contributed by atoms with van der Waals surface area (Å²) in [5.74, 6) is 1.32. The van der Waals surface area contributed by atoms with Crippen molar-refractivity contribution in [3.05, 3.63) is 53.9 Å². The quantitative estimate of drug-likeness (QED) is 0.905. The van der Waals surface area contributed by atoms with Gasteiger partial charge in [0.05, 0.1) is 6.20 Å². The van der Waals surface area contributed by atoms with Crippen molar-refractivity contribution in [1.82, 2.24) is 10.3 Å². The van der Waals surface area contributed by atoms with Crippen LogP contribution in [0.25, 0.3) is 0 Å². The third-order valence-corrected chi connectivity index (χ3v) is 4.61. The first-order valence-corrected chi connectivity index (χ1v) is 8.55. The number of hydrogen-bond donors (Lipinski definition) is 2. The van der Waals surface area contributed by atoms with Gasteiger partial charge < -0.3 is 15.2 Å². The molecule has 1 saturated heterocycles. The van der Waals surface area contributed by atoms with Crippen LogP contribution in [0.2, 0.25) is 0 Å². The zero-order valence-electron chi connectivity index (χ0n) is 14.6. The lowest BCUT2D eigenvalue weighted by molar-refractivity contribution is 0.142. The van der Waals surface area contributed by atoms with Crippen LogP contribution in [0.4, 0.5) is 0 Å². The molecule has 3 rings (SSSR count). The molecule has 2 N–H and O–H groups in total. The van der Waals surface area contributed by atoms with Crippen molar-refractivity contribution in [2.45, 2.75) is 44.6 Å². The minimum absolute atomic E-state index is 0.0304. The van der Waals surface area contributed by atoms with Crippen molar-refractivity contribution in [3.63, 3.8) is 0 Å². The van der Waals surface area contributed by atoms with E-state index >= 15 is 0 Å². The molecule has 2 unspecified atom stereocenters. The number of aromatic nitrogens is 1. The summed E-state index contributed by atoms with van der Waals surface area (Å²) in [6.07, 6.45) is 4.29. The van der Waals surface area contributed by atoms with Gasteiger partial charge in [0.25, 0.3) is 0 Å². The Hall–Kier alpha value is -2.07. The fourth-order valence-corrected chi connectivity index (χ4v) is 3.19. The van der Waals surface area contributed by atoms with Crippen LogP contribution in [0.3, 0.4) is 0 Å². The second-order valence-electron chi connectivity index (χ2n) is 7.51.